The van der Waals surface area contributed by atoms with Crippen molar-refractivity contribution in [2.75, 3.05) is 17.2 Å². The first-order valence-electron chi connectivity index (χ1n) is 12.6. The Morgan fingerprint density at radius 2 is 1.63 bits per heavy atom. The number of hydrogen-bond acceptors (Lipinski definition) is 5. The number of aliphatic hydroxyl groups is 2. The average molecular weight is 512 g/mol. The zero-order valence-electron chi connectivity index (χ0n) is 21.3. The molecular formula is C31H33N3O4. The van der Waals surface area contributed by atoms with Crippen LogP contribution in [0.3, 0.4) is 0 Å². The lowest BCUT2D eigenvalue weighted by atomic mass is 10.0. The molecule has 0 fully saturated rings. The van der Waals surface area contributed by atoms with Gasteiger partial charge in [0, 0.05) is 29.4 Å². The van der Waals surface area contributed by atoms with E-state index >= 15 is 0 Å². The van der Waals surface area contributed by atoms with Gasteiger partial charge in [0.2, 0.25) is 0 Å². The third-order valence-corrected chi connectivity index (χ3v) is 6.31. The Morgan fingerprint density at radius 3 is 2.42 bits per heavy atom. The minimum absolute atomic E-state index is 0.00681. The molecule has 1 unspecified atom stereocenters. The van der Waals surface area contributed by atoms with E-state index in [-0.39, 0.29) is 24.4 Å². The zero-order chi connectivity index (χ0) is 26.9. The molecule has 0 heterocycles. The van der Waals surface area contributed by atoms with Crippen LogP contribution in [0, 0.1) is 0 Å². The number of aliphatic hydroxyl groups excluding tert-OH is 2. The van der Waals surface area contributed by atoms with Crippen LogP contribution in [0.4, 0.5) is 16.2 Å². The van der Waals surface area contributed by atoms with E-state index in [0.717, 1.165) is 22.4 Å². The Kier molecular flexibility index (Phi) is 9.11. The Balaban J connectivity index is 1.32. The molecule has 0 aliphatic heterocycles. The van der Waals surface area contributed by atoms with Gasteiger partial charge >= 0.3 is 6.03 Å². The minimum Gasteiger partial charge on any atom is -0.508 e. The number of carbonyl (C=O) groups excluding carboxylic acids is 1. The van der Waals surface area contributed by atoms with Crippen LogP contribution in [0.1, 0.15) is 29.7 Å². The molecule has 0 bridgehead atoms. The largest absolute Gasteiger partial charge is 0.508 e. The highest BCUT2D eigenvalue weighted by Crippen LogP contribution is 2.28. The molecule has 0 saturated carbocycles. The average Bonchev–Trinajstić information content (AvgIpc) is 2.93. The lowest BCUT2D eigenvalue weighted by Gasteiger charge is -2.18. The van der Waals surface area contributed by atoms with Gasteiger partial charge in [0.1, 0.15) is 5.75 Å². The number of carbonyl (C=O) groups is 1. The van der Waals surface area contributed by atoms with E-state index in [1.165, 1.54) is 6.07 Å². The Hall–Kier alpha value is -4.17. The molecule has 0 aromatic heterocycles. The van der Waals surface area contributed by atoms with Crippen LogP contribution in [-0.4, -0.2) is 33.9 Å². The molecule has 4 aromatic rings. The normalized spacial score (nSPS) is 12.5. The summed E-state index contributed by atoms with van der Waals surface area (Å²) >= 11 is 0. The maximum Gasteiger partial charge on any atom is 0.323 e. The zero-order valence-corrected chi connectivity index (χ0v) is 21.3. The summed E-state index contributed by atoms with van der Waals surface area (Å²) in [6.45, 7) is 2.05. The van der Waals surface area contributed by atoms with Gasteiger partial charge in [0.25, 0.3) is 0 Å². The van der Waals surface area contributed by atoms with E-state index < -0.39 is 6.10 Å². The summed E-state index contributed by atoms with van der Waals surface area (Å²) in [5.41, 5.74) is 5.42. The first-order chi connectivity index (χ1) is 18.4. The first kappa shape index (κ1) is 26.9. The molecule has 2 amide bonds. The van der Waals surface area contributed by atoms with E-state index in [2.05, 4.69) is 16.0 Å². The van der Waals surface area contributed by atoms with Crippen molar-refractivity contribution in [2.45, 2.75) is 32.1 Å². The minimum atomic E-state index is -0.779. The fourth-order valence-electron chi connectivity index (χ4n) is 4.32. The first-order valence-corrected chi connectivity index (χ1v) is 12.6. The van der Waals surface area contributed by atoms with Crippen LogP contribution in [0.25, 0.3) is 11.1 Å². The molecule has 2 atom stereocenters. The standard InChI is InChI=1S/C31H33N3O4/c1-21(32-19-30(37)24-14-15-29(36)25(18-24)20-35)16-22-8-7-11-26(17-22)33-31(38)34-28-13-6-5-12-27(28)23-9-3-2-4-10-23/h2-15,17-18,21,30,32,35-37H,16,19-20H2,1H3,(H2,33,34,38)/t21?,30-/m0/s1. The van der Waals surface area contributed by atoms with Crippen LogP contribution in [0.2, 0.25) is 0 Å². The monoisotopic (exact) mass is 511 g/mol. The molecule has 0 radical (unpaired) electrons. The number of anilines is 2. The van der Waals surface area contributed by atoms with E-state index in [1.54, 1.807) is 12.1 Å². The second-order valence-corrected chi connectivity index (χ2v) is 9.27. The number of rotatable bonds is 10. The Labute approximate surface area is 222 Å². The SMILES string of the molecule is CC(Cc1cccc(NC(=O)Nc2ccccc2-c2ccccc2)c1)NC[C@H](O)c1ccc(O)c(CO)c1. The third kappa shape index (κ3) is 7.20. The number of urea groups is 1. The lowest BCUT2D eigenvalue weighted by Crippen LogP contribution is -2.32. The van der Waals surface area contributed by atoms with Crippen molar-refractivity contribution in [1.29, 1.82) is 0 Å². The van der Waals surface area contributed by atoms with Crippen molar-refractivity contribution in [2.24, 2.45) is 0 Å². The second kappa shape index (κ2) is 12.9. The predicted octanol–water partition coefficient (Wildman–Crippen LogP) is 5.45. The summed E-state index contributed by atoms with van der Waals surface area (Å²) in [5.74, 6) is 0.00681. The maximum absolute atomic E-state index is 12.8. The highest BCUT2D eigenvalue weighted by Gasteiger charge is 2.13. The van der Waals surface area contributed by atoms with E-state index in [4.69, 9.17) is 0 Å². The molecule has 196 valence electrons. The van der Waals surface area contributed by atoms with E-state index in [9.17, 15) is 20.1 Å². The van der Waals surface area contributed by atoms with Crippen LogP contribution in [0.5, 0.6) is 5.75 Å². The van der Waals surface area contributed by atoms with Crippen molar-refractivity contribution < 1.29 is 20.1 Å². The summed E-state index contributed by atoms with van der Waals surface area (Å²) < 4.78 is 0. The number of phenols is 1. The molecule has 0 aliphatic rings. The van der Waals surface area contributed by atoms with E-state index in [1.807, 2.05) is 85.8 Å². The molecule has 7 nitrogen and oxygen atoms in total. The fourth-order valence-corrected chi connectivity index (χ4v) is 4.32. The van der Waals surface area contributed by atoms with Gasteiger partial charge in [-0.1, -0.05) is 66.7 Å². The summed E-state index contributed by atoms with van der Waals surface area (Å²) in [6.07, 6.45) is -0.0863. The highest BCUT2D eigenvalue weighted by molar-refractivity contribution is 6.02. The summed E-state index contributed by atoms with van der Waals surface area (Å²) in [7, 11) is 0. The van der Waals surface area contributed by atoms with Crippen LogP contribution in [-0.2, 0) is 13.0 Å². The lowest BCUT2D eigenvalue weighted by molar-refractivity contribution is 0.170. The van der Waals surface area contributed by atoms with Crippen LogP contribution >= 0.6 is 0 Å². The van der Waals surface area contributed by atoms with Crippen molar-refractivity contribution in [1.82, 2.24) is 5.32 Å². The molecule has 0 spiro atoms. The molecule has 0 saturated heterocycles. The van der Waals surface area contributed by atoms with Crippen molar-refractivity contribution >= 4 is 17.4 Å². The molecule has 7 heteroatoms. The van der Waals surface area contributed by atoms with Crippen molar-refractivity contribution in [3.05, 3.63) is 114 Å². The predicted molar refractivity (Wildman–Crippen MR) is 151 cm³/mol. The van der Waals surface area contributed by atoms with Crippen LogP contribution in [0.15, 0.2) is 97.1 Å². The fraction of sp³-hybridized carbons (Fsp3) is 0.194. The van der Waals surface area contributed by atoms with Gasteiger partial charge in [0.05, 0.1) is 18.4 Å². The number of amides is 2. The molecular weight excluding hydrogens is 478 g/mol. The topological polar surface area (TPSA) is 114 Å². The summed E-state index contributed by atoms with van der Waals surface area (Å²) in [4.78, 5) is 12.8. The molecule has 4 rings (SSSR count). The number of nitrogens with one attached hydrogen (secondary N) is 3. The summed E-state index contributed by atoms with van der Waals surface area (Å²) in [6, 6.07) is 29.7. The molecule has 38 heavy (non-hydrogen) atoms. The molecule has 4 aromatic carbocycles. The summed E-state index contributed by atoms with van der Waals surface area (Å²) in [5, 5.41) is 38.8. The third-order valence-electron chi connectivity index (χ3n) is 6.31. The van der Waals surface area contributed by atoms with Gasteiger partial charge in [-0.3, -0.25) is 0 Å². The quantitative estimate of drug-likeness (QED) is 0.170. The number of hydrogen-bond donors (Lipinski definition) is 6. The second-order valence-electron chi connectivity index (χ2n) is 9.27. The van der Waals surface area contributed by atoms with Gasteiger partial charge in [-0.05, 0) is 60.4 Å². The van der Waals surface area contributed by atoms with Crippen molar-refractivity contribution in [3.63, 3.8) is 0 Å². The van der Waals surface area contributed by atoms with Gasteiger partial charge in [0.15, 0.2) is 0 Å². The Morgan fingerprint density at radius 1 is 0.868 bits per heavy atom. The number of aromatic hydroxyl groups is 1. The maximum atomic E-state index is 12.8. The van der Waals surface area contributed by atoms with Crippen LogP contribution < -0.4 is 16.0 Å². The van der Waals surface area contributed by atoms with Gasteiger partial charge in [-0.2, -0.15) is 0 Å². The van der Waals surface area contributed by atoms with Gasteiger partial charge in [-0.25, -0.2) is 4.79 Å². The van der Waals surface area contributed by atoms with Gasteiger partial charge < -0.3 is 31.3 Å². The highest BCUT2D eigenvalue weighted by atomic mass is 16.3. The Bertz CT molecular complexity index is 1360. The van der Waals surface area contributed by atoms with Gasteiger partial charge in [-0.15, -0.1) is 0 Å². The number of para-hydroxylation sites is 1. The van der Waals surface area contributed by atoms with Crippen molar-refractivity contribution in [3.8, 4) is 16.9 Å². The smallest absolute Gasteiger partial charge is 0.323 e. The van der Waals surface area contributed by atoms with E-state index in [0.29, 0.717) is 29.8 Å². The molecule has 0 aliphatic carbocycles. The molecule has 6 N–H and O–H groups in total. The number of benzene rings is 4.